The van der Waals surface area contributed by atoms with Crippen LogP contribution in [0.15, 0.2) is 22.8 Å². The number of fused-ring (bicyclic) bond motifs is 2. The molecule has 3 nitrogen and oxygen atoms in total. The highest BCUT2D eigenvalue weighted by molar-refractivity contribution is 9.10. The molecule has 2 atom stereocenters. The van der Waals surface area contributed by atoms with Gasteiger partial charge in [-0.05, 0) is 53.2 Å². The van der Waals surface area contributed by atoms with Crippen molar-refractivity contribution in [3.05, 3.63) is 28.5 Å². The van der Waals surface area contributed by atoms with E-state index in [-0.39, 0.29) is 5.91 Å². The van der Waals surface area contributed by atoms with Crippen molar-refractivity contribution >= 4 is 21.8 Å². The average molecular weight is 281 g/mol. The van der Waals surface area contributed by atoms with Crippen molar-refractivity contribution in [2.24, 2.45) is 5.92 Å². The number of hydrogen-bond donors (Lipinski definition) is 0. The molecule has 84 valence electrons. The fraction of sp³-hybridized carbons (Fsp3) is 0.500. The van der Waals surface area contributed by atoms with Crippen molar-refractivity contribution in [3.8, 4) is 0 Å². The highest BCUT2D eigenvalue weighted by Gasteiger charge is 2.40. The molecule has 0 aromatic carbocycles. The molecule has 1 aromatic rings. The summed E-state index contributed by atoms with van der Waals surface area (Å²) >= 11 is 3.32. The van der Waals surface area contributed by atoms with Crippen molar-refractivity contribution in [1.82, 2.24) is 9.88 Å². The molecule has 2 unspecified atom stereocenters. The summed E-state index contributed by atoms with van der Waals surface area (Å²) in [6.45, 7) is 0.932. The maximum absolute atomic E-state index is 12.2. The molecule has 4 heteroatoms. The normalized spacial score (nSPS) is 27.4. The first kappa shape index (κ1) is 10.3. The third kappa shape index (κ3) is 1.65. The summed E-state index contributed by atoms with van der Waals surface area (Å²) in [7, 11) is 0. The molecule has 0 N–H and O–H groups in total. The van der Waals surface area contributed by atoms with Crippen molar-refractivity contribution in [2.75, 3.05) is 6.54 Å². The van der Waals surface area contributed by atoms with Crippen LogP contribution in [0.3, 0.4) is 0 Å². The molecule has 0 spiro atoms. The van der Waals surface area contributed by atoms with E-state index in [2.05, 4.69) is 20.9 Å². The summed E-state index contributed by atoms with van der Waals surface area (Å²) in [6, 6.07) is 4.13. The SMILES string of the molecule is O=C(c1ccc(Br)cn1)N1CC2CCC1C2. The molecule has 1 saturated carbocycles. The maximum Gasteiger partial charge on any atom is 0.272 e. The first-order valence-corrected chi connectivity index (χ1v) is 6.46. The minimum Gasteiger partial charge on any atom is -0.334 e. The monoisotopic (exact) mass is 280 g/mol. The van der Waals surface area contributed by atoms with Crippen LogP contribution < -0.4 is 0 Å². The summed E-state index contributed by atoms with van der Waals surface area (Å²) in [5.74, 6) is 0.837. The lowest BCUT2D eigenvalue weighted by molar-refractivity contribution is 0.0697. The Labute approximate surface area is 103 Å². The summed E-state index contributed by atoms with van der Waals surface area (Å²) in [4.78, 5) is 18.4. The largest absolute Gasteiger partial charge is 0.334 e. The number of hydrogen-bond acceptors (Lipinski definition) is 2. The Balaban J connectivity index is 1.80. The predicted molar refractivity (Wildman–Crippen MR) is 64.1 cm³/mol. The van der Waals surface area contributed by atoms with Gasteiger partial charge in [-0.25, -0.2) is 4.98 Å². The lowest BCUT2D eigenvalue weighted by atomic mass is 10.1. The molecular formula is C12H13BrN2O. The Morgan fingerprint density at radius 2 is 2.31 bits per heavy atom. The second-order valence-corrected chi connectivity index (χ2v) is 5.57. The lowest BCUT2D eigenvalue weighted by Gasteiger charge is -2.26. The van der Waals surface area contributed by atoms with E-state index in [4.69, 9.17) is 0 Å². The van der Waals surface area contributed by atoms with Crippen LogP contribution in [0.1, 0.15) is 29.8 Å². The van der Waals surface area contributed by atoms with Gasteiger partial charge in [0.1, 0.15) is 5.69 Å². The summed E-state index contributed by atoms with van der Waals surface area (Å²) < 4.78 is 0.909. The Hall–Kier alpha value is -0.900. The van der Waals surface area contributed by atoms with Crippen LogP contribution >= 0.6 is 15.9 Å². The van der Waals surface area contributed by atoms with Gasteiger partial charge in [0.25, 0.3) is 5.91 Å². The zero-order valence-corrected chi connectivity index (χ0v) is 10.5. The number of pyridine rings is 1. The van der Waals surface area contributed by atoms with Gasteiger partial charge in [-0.3, -0.25) is 4.79 Å². The molecule has 1 aliphatic heterocycles. The topological polar surface area (TPSA) is 33.2 Å². The van der Waals surface area contributed by atoms with E-state index in [9.17, 15) is 4.79 Å². The molecule has 2 fully saturated rings. The number of nitrogens with zero attached hydrogens (tertiary/aromatic N) is 2. The summed E-state index contributed by atoms with van der Waals surface area (Å²) in [5.41, 5.74) is 0.566. The van der Waals surface area contributed by atoms with Crippen LogP contribution in [0.25, 0.3) is 0 Å². The maximum atomic E-state index is 12.2. The first-order chi connectivity index (χ1) is 7.74. The van der Waals surface area contributed by atoms with Crippen molar-refractivity contribution in [2.45, 2.75) is 25.3 Å². The van der Waals surface area contributed by atoms with Crippen molar-refractivity contribution in [3.63, 3.8) is 0 Å². The van der Waals surface area contributed by atoms with Gasteiger partial charge < -0.3 is 4.90 Å². The van der Waals surface area contributed by atoms with Crippen LogP contribution in [-0.4, -0.2) is 28.4 Å². The number of carbonyl (C=O) groups is 1. The van der Waals surface area contributed by atoms with Crippen LogP contribution in [0, 0.1) is 5.92 Å². The number of halogens is 1. The zero-order valence-electron chi connectivity index (χ0n) is 8.90. The summed E-state index contributed by atoms with van der Waals surface area (Å²) in [6.07, 6.45) is 5.35. The van der Waals surface area contributed by atoms with E-state index in [0.29, 0.717) is 11.7 Å². The number of rotatable bonds is 1. The van der Waals surface area contributed by atoms with Gasteiger partial charge in [0.2, 0.25) is 0 Å². The van der Waals surface area contributed by atoms with E-state index in [1.54, 1.807) is 12.3 Å². The van der Waals surface area contributed by atoms with E-state index in [0.717, 1.165) is 16.9 Å². The molecule has 1 saturated heterocycles. The Morgan fingerprint density at radius 3 is 2.88 bits per heavy atom. The number of amides is 1. The standard InChI is InChI=1S/C12H13BrN2O/c13-9-2-4-11(14-6-9)12(16)15-7-8-1-3-10(15)5-8/h2,4,6,8,10H,1,3,5,7H2. The molecule has 16 heavy (non-hydrogen) atoms. The quantitative estimate of drug-likeness (QED) is 0.792. The van der Waals surface area contributed by atoms with Gasteiger partial charge in [0.15, 0.2) is 0 Å². The molecule has 2 heterocycles. The van der Waals surface area contributed by atoms with Gasteiger partial charge in [-0.15, -0.1) is 0 Å². The molecule has 2 aliphatic rings. The zero-order chi connectivity index (χ0) is 11.1. The minimum absolute atomic E-state index is 0.0969. The van der Waals surface area contributed by atoms with Gasteiger partial charge >= 0.3 is 0 Å². The van der Waals surface area contributed by atoms with E-state index >= 15 is 0 Å². The molecule has 3 rings (SSSR count). The minimum atomic E-state index is 0.0969. The van der Waals surface area contributed by atoms with Gasteiger partial charge in [0, 0.05) is 23.3 Å². The molecule has 1 aliphatic carbocycles. The second-order valence-electron chi connectivity index (χ2n) is 4.65. The number of aromatic nitrogens is 1. The lowest BCUT2D eigenvalue weighted by Crippen LogP contribution is -2.38. The predicted octanol–water partition coefficient (Wildman–Crippen LogP) is 2.47. The smallest absolute Gasteiger partial charge is 0.272 e. The molecule has 1 amide bonds. The molecular weight excluding hydrogens is 268 g/mol. The van der Waals surface area contributed by atoms with E-state index < -0.39 is 0 Å². The first-order valence-electron chi connectivity index (χ1n) is 5.66. The fourth-order valence-corrected chi connectivity index (χ4v) is 3.06. The Kier molecular flexibility index (Phi) is 2.46. The third-order valence-electron chi connectivity index (χ3n) is 3.62. The third-order valence-corrected chi connectivity index (χ3v) is 4.09. The van der Waals surface area contributed by atoms with Crippen LogP contribution in [0.5, 0.6) is 0 Å². The van der Waals surface area contributed by atoms with E-state index in [1.165, 1.54) is 19.3 Å². The van der Waals surface area contributed by atoms with Crippen molar-refractivity contribution in [1.29, 1.82) is 0 Å². The highest BCUT2D eigenvalue weighted by Crippen LogP contribution is 2.37. The van der Waals surface area contributed by atoms with Crippen molar-refractivity contribution < 1.29 is 4.79 Å². The average Bonchev–Trinajstić information content (AvgIpc) is 2.91. The molecule has 0 radical (unpaired) electrons. The second kappa shape index (κ2) is 3.84. The van der Waals surface area contributed by atoms with Crippen LogP contribution in [0.4, 0.5) is 0 Å². The molecule has 1 aromatic heterocycles. The Morgan fingerprint density at radius 1 is 1.44 bits per heavy atom. The Bertz CT molecular complexity index is 418. The highest BCUT2D eigenvalue weighted by atomic mass is 79.9. The number of carbonyl (C=O) groups excluding carboxylic acids is 1. The van der Waals surface area contributed by atoms with Gasteiger partial charge in [0.05, 0.1) is 0 Å². The number of likely N-dealkylation sites (tertiary alicyclic amines) is 1. The van der Waals surface area contributed by atoms with Gasteiger partial charge in [-0.2, -0.15) is 0 Å². The summed E-state index contributed by atoms with van der Waals surface area (Å²) in [5, 5.41) is 0. The van der Waals surface area contributed by atoms with E-state index in [1.807, 2.05) is 11.0 Å². The fourth-order valence-electron chi connectivity index (χ4n) is 2.82. The molecule has 2 bridgehead atoms. The number of piperidine rings is 1. The van der Waals surface area contributed by atoms with Crippen LogP contribution in [-0.2, 0) is 0 Å². The van der Waals surface area contributed by atoms with Gasteiger partial charge in [-0.1, -0.05) is 0 Å². The van der Waals surface area contributed by atoms with Crippen LogP contribution in [0.2, 0.25) is 0 Å².